The highest BCUT2D eigenvalue weighted by Gasteiger charge is 2.31. The summed E-state index contributed by atoms with van der Waals surface area (Å²) in [7, 11) is 0. The lowest BCUT2D eigenvalue weighted by Crippen LogP contribution is -2.51. The molecule has 0 unspecified atom stereocenters. The second-order valence-corrected chi connectivity index (χ2v) is 5.79. The van der Waals surface area contributed by atoms with E-state index in [2.05, 4.69) is 5.32 Å². The minimum absolute atomic E-state index is 0.00266. The SMILES string of the molecule is CC(C)[C@H](NC(=O)O[C@H]1CCOC1)C(=O)N1CCCC1. The molecule has 0 saturated carbocycles. The van der Waals surface area contributed by atoms with Crippen LogP contribution in [0.25, 0.3) is 0 Å². The van der Waals surface area contributed by atoms with Gasteiger partial charge in [-0.1, -0.05) is 13.8 Å². The molecule has 20 heavy (non-hydrogen) atoms. The normalized spacial score (nSPS) is 23.9. The van der Waals surface area contributed by atoms with Gasteiger partial charge in [-0.3, -0.25) is 4.79 Å². The van der Waals surface area contributed by atoms with Crippen molar-refractivity contribution in [3.05, 3.63) is 0 Å². The first-order valence-electron chi connectivity index (χ1n) is 7.41. The Morgan fingerprint density at radius 2 is 2.00 bits per heavy atom. The van der Waals surface area contributed by atoms with Crippen molar-refractivity contribution in [2.45, 2.75) is 45.3 Å². The summed E-state index contributed by atoms with van der Waals surface area (Å²) < 4.78 is 10.4. The van der Waals surface area contributed by atoms with Crippen molar-refractivity contribution in [3.63, 3.8) is 0 Å². The Kier molecular flexibility index (Phi) is 5.23. The van der Waals surface area contributed by atoms with Crippen molar-refractivity contribution in [2.24, 2.45) is 5.92 Å². The number of hydrogen-bond donors (Lipinski definition) is 1. The molecule has 2 heterocycles. The molecule has 0 bridgehead atoms. The average Bonchev–Trinajstić information content (AvgIpc) is 3.07. The number of carbonyl (C=O) groups excluding carboxylic acids is 2. The van der Waals surface area contributed by atoms with Crippen LogP contribution in [0.15, 0.2) is 0 Å². The van der Waals surface area contributed by atoms with E-state index in [9.17, 15) is 9.59 Å². The Morgan fingerprint density at radius 3 is 2.55 bits per heavy atom. The summed E-state index contributed by atoms with van der Waals surface area (Å²) in [5.41, 5.74) is 0. The van der Waals surface area contributed by atoms with Crippen LogP contribution in [0, 0.1) is 5.92 Å². The lowest BCUT2D eigenvalue weighted by atomic mass is 10.0. The van der Waals surface area contributed by atoms with Crippen molar-refractivity contribution in [2.75, 3.05) is 26.3 Å². The summed E-state index contributed by atoms with van der Waals surface area (Å²) in [6.45, 7) is 6.50. The topological polar surface area (TPSA) is 67.9 Å². The predicted molar refractivity (Wildman–Crippen MR) is 73.3 cm³/mol. The molecule has 1 N–H and O–H groups in total. The van der Waals surface area contributed by atoms with Crippen molar-refractivity contribution in [1.29, 1.82) is 0 Å². The van der Waals surface area contributed by atoms with Gasteiger partial charge in [0.2, 0.25) is 5.91 Å². The highest BCUT2D eigenvalue weighted by Crippen LogP contribution is 2.14. The van der Waals surface area contributed by atoms with E-state index >= 15 is 0 Å². The monoisotopic (exact) mass is 284 g/mol. The molecule has 2 saturated heterocycles. The third kappa shape index (κ3) is 3.85. The first-order valence-corrected chi connectivity index (χ1v) is 7.41. The molecule has 0 radical (unpaired) electrons. The standard InChI is InChI=1S/C14H24N2O4/c1-10(2)12(13(17)16-6-3-4-7-16)15-14(18)20-11-5-8-19-9-11/h10-12H,3-9H2,1-2H3,(H,15,18)/t11-,12-/m0/s1. The molecule has 2 aliphatic rings. The fraction of sp³-hybridized carbons (Fsp3) is 0.857. The molecule has 0 spiro atoms. The zero-order valence-electron chi connectivity index (χ0n) is 12.3. The molecule has 2 fully saturated rings. The summed E-state index contributed by atoms with van der Waals surface area (Å²) in [4.78, 5) is 26.1. The zero-order valence-corrected chi connectivity index (χ0v) is 12.3. The van der Waals surface area contributed by atoms with E-state index in [4.69, 9.17) is 9.47 Å². The average molecular weight is 284 g/mol. The fourth-order valence-electron chi connectivity index (χ4n) is 2.57. The second kappa shape index (κ2) is 6.92. The number of alkyl carbamates (subject to hydrolysis) is 1. The van der Waals surface area contributed by atoms with Crippen molar-refractivity contribution in [1.82, 2.24) is 10.2 Å². The molecule has 2 aliphatic heterocycles. The summed E-state index contributed by atoms with van der Waals surface area (Å²) in [6.07, 6.45) is 2.09. The number of ether oxygens (including phenoxy) is 2. The minimum Gasteiger partial charge on any atom is -0.444 e. The molecule has 6 heteroatoms. The van der Waals surface area contributed by atoms with Crippen LogP contribution in [0.5, 0.6) is 0 Å². The summed E-state index contributed by atoms with van der Waals surface area (Å²) >= 11 is 0. The van der Waals surface area contributed by atoms with E-state index in [1.807, 2.05) is 18.7 Å². The molecular formula is C14H24N2O4. The van der Waals surface area contributed by atoms with Gasteiger partial charge in [-0.25, -0.2) is 4.79 Å². The van der Waals surface area contributed by atoms with Gasteiger partial charge >= 0.3 is 6.09 Å². The molecule has 2 atom stereocenters. The molecule has 0 aliphatic carbocycles. The Balaban J connectivity index is 1.87. The van der Waals surface area contributed by atoms with Gasteiger partial charge in [0.15, 0.2) is 0 Å². The van der Waals surface area contributed by atoms with Gasteiger partial charge in [0.1, 0.15) is 12.1 Å². The molecule has 2 amide bonds. The zero-order chi connectivity index (χ0) is 14.5. The molecule has 0 aromatic heterocycles. The molecule has 0 aromatic carbocycles. The third-order valence-corrected chi connectivity index (χ3v) is 3.79. The van der Waals surface area contributed by atoms with E-state index in [1.54, 1.807) is 0 Å². The lowest BCUT2D eigenvalue weighted by Gasteiger charge is -2.26. The molecule has 2 rings (SSSR count). The third-order valence-electron chi connectivity index (χ3n) is 3.79. The smallest absolute Gasteiger partial charge is 0.408 e. The lowest BCUT2D eigenvalue weighted by molar-refractivity contribution is -0.133. The predicted octanol–water partition coefficient (Wildman–Crippen LogP) is 1.15. The Bertz CT molecular complexity index is 347. The molecule has 6 nitrogen and oxygen atoms in total. The van der Waals surface area contributed by atoms with Gasteiger partial charge in [0.05, 0.1) is 13.2 Å². The van der Waals surface area contributed by atoms with E-state index in [1.165, 1.54) is 0 Å². The van der Waals surface area contributed by atoms with Crippen molar-refractivity contribution >= 4 is 12.0 Å². The van der Waals surface area contributed by atoms with Crippen LogP contribution >= 0.6 is 0 Å². The van der Waals surface area contributed by atoms with Crippen molar-refractivity contribution < 1.29 is 19.1 Å². The first-order chi connectivity index (χ1) is 9.58. The van der Waals surface area contributed by atoms with Crippen LogP contribution in [0.3, 0.4) is 0 Å². The van der Waals surface area contributed by atoms with Gasteiger partial charge in [0.25, 0.3) is 0 Å². The largest absolute Gasteiger partial charge is 0.444 e. The van der Waals surface area contributed by atoms with Gasteiger partial charge < -0.3 is 19.7 Å². The Labute approximate surface area is 119 Å². The van der Waals surface area contributed by atoms with Crippen LogP contribution in [0.1, 0.15) is 33.1 Å². The highest BCUT2D eigenvalue weighted by atomic mass is 16.6. The van der Waals surface area contributed by atoms with Crippen LogP contribution in [0.4, 0.5) is 4.79 Å². The van der Waals surface area contributed by atoms with Crippen LogP contribution in [-0.4, -0.2) is 55.3 Å². The van der Waals surface area contributed by atoms with E-state index < -0.39 is 12.1 Å². The van der Waals surface area contributed by atoms with Gasteiger partial charge in [-0.15, -0.1) is 0 Å². The number of amides is 2. The maximum Gasteiger partial charge on any atom is 0.408 e. The number of rotatable bonds is 4. The maximum absolute atomic E-state index is 12.4. The fourth-order valence-corrected chi connectivity index (χ4v) is 2.57. The van der Waals surface area contributed by atoms with E-state index in [0.717, 1.165) is 32.4 Å². The number of likely N-dealkylation sites (tertiary alicyclic amines) is 1. The number of hydrogen-bond acceptors (Lipinski definition) is 4. The number of nitrogens with zero attached hydrogens (tertiary/aromatic N) is 1. The van der Waals surface area contributed by atoms with E-state index in [0.29, 0.717) is 13.2 Å². The minimum atomic E-state index is -0.522. The second-order valence-electron chi connectivity index (χ2n) is 5.79. The van der Waals surface area contributed by atoms with Crippen LogP contribution in [-0.2, 0) is 14.3 Å². The molecular weight excluding hydrogens is 260 g/mol. The maximum atomic E-state index is 12.4. The van der Waals surface area contributed by atoms with Gasteiger partial charge in [0, 0.05) is 19.5 Å². The number of carbonyl (C=O) groups is 2. The Morgan fingerprint density at radius 1 is 1.30 bits per heavy atom. The van der Waals surface area contributed by atoms with Gasteiger partial charge in [-0.05, 0) is 18.8 Å². The summed E-state index contributed by atoms with van der Waals surface area (Å²) in [5.74, 6) is 0.0348. The summed E-state index contributed by atoms with van der Waals surface area (Å²) in [6, 6.07) is -0.511. The highest BCUT2D eigenvalue weighted by molar-refractivity contribution is 5.86. The van der Waals surface area contributed by atoms with E-state index in [-0.39, 0.29) is 17.9 Å². The number of nitrogens with one attached hydrogen (secondary N) is 1. The summed E-state index contributed by atoms with van der Waals surface area (Å²) in [5, 5.41) is 2.71. The molecule has 114 valence electrons. The quantitative estimate of drug-likeness (QED) is 0.841. The van der Waals surface area contributed by atoms with Gasteiger partial charge in [-0.2, -0.15) is 0 Å². The van der Waals surface area contributed by atoms with Crippen LogP contribution in [0.2, 0.25) is 0 Å². The van der Waals surface area contributed by atoms with Crippen molar-refractivity contribution in [3.8, 4) is 0 Å². The van der Waals surface area contributed by atoms with Crippen LogP contribution < -0.4 is 5.32 Å². The Hall–Kier alpha value is -1.30. The molecule has 0 aromatic rings. The first kappa shape index (κ1) is 15.1.